The summed E-state index contributed by atoms with van der Waals surface area (Å²) in [7, 11) is 1.86. The zero-order valence-electron chi connectivity index (χ0n) is 16.2. The lowest BCUT2D eigenvalue weighted by Crippen LogP contribution is -2.40. The summed E-state index contributed by atoms with van der Waals surface area (Å²) in [5.74, 6) is 1.53. The van der Waals surface area contributed by atoms with Gasteiger partial charge in [0.25, 0.3) is 0 Å². The lowest BCUT2D eigenvalue weighted by Gasteiger charge is -2.21. The van der Waals surface area contributed by atoms with Crippen molar-refractivity contribution in [2.45, 2.75) is 51.4 Å². The third-order valence-electron chi connectivity index (χ3n) is 4.87. The van der Waals surface area contributed by atoms with Gasteiger partial charge < -0.3 is 15.0 Å². The van der Waals surface area contributed by atoms with Crippen LogP contribution in [0.5, 0.6) is 0 Å². The predicted molar refractivity (Wildman–Crippen MR) is 106 cm³/mol. The lowest BCUT2D eigenvalue weighted by atomic mass is 9.99. The van der Waals surface area contributed by atoms with E-state index in [-0.39, 0.29) is 5.97 Å². The van der Waals surface area contributed by atoms with Crippen molar-refractivity contribution < 1.29 is 9.53 Å². The van der Waals surface area contributed by atoms with Crippen LogP contribution in [0.2, 0.25) is 0 Å². The van der Waals surface area contributed by atoms with E-state index in [0.29, 0.717) is 18.9 Å². The number of likely N-dealkylation sites (tertiary alicyclic amines) is 1. The molecule has 0 spiro atoms. The second-order valence-corrected chi connectivity index (χ2v) is 6.79. The van der Waals surface area contributed by atoms with Crippen LogP contribution in [0.4, 0.5) is 0 Å². The number of guanidine groups is 1. The largest absolute Gasteiger partial charge is 0.466 e. The lowest BCUT2D eigenvalue weighted by molar-refractivity contribution is -0.143. The van der Waals surface area contributed by atoms with E-state index in [9.17, 15) is 4.79 Å². The van der Waals surface area contributed by atoms with Crippen molar-refractivity contribution in [1.82, 2.24) is 10.2 Å². The Morgan fingerprint density at radius 1 is 1.23 bits per heavy atom. The van der Waals surface area contributed by atoms with Crippen LogP contribution in [0, 0.1) is 0 Å². The highest BCUT2D eigenvalue weighted by Crippen LogP contribution is 2.26. The van der Waals surface area contributed by atoms with E-state index in [1.54, 1.807) is 0 Å². The van der Waals surface area contributed by atoms with Crippen molar-refractivity contribution in [1.29, 1.82) is 0 Å². The summed E-state index contributed by atoms with van der Waals surface area (Å²) in [5, 5.41) is 3.49. The Morgan fingerprint density at radius 3 is 2.73 bits per heavy atom. The molecule has 5 nitrogen and oxygen atoms in total. The number of rotatable bonds is 9. The molecule has 0 aromatic heterocycles. The van der Waals surface area contributed by atoms with E-state index in [0.717, 1.165) is 51.3 Å². The Morgan fingerprint density at radius 2 is 2.00 bits per heavy atom. The predicted octanol–water partition coefficient (Wildman–Crippen LogP) is 3.56. The minimum Gasteiger partial charge on any atom is -0.466 e. The van der Waals surface area contributed by atoms with Crippen LogP contribution in [0.15, 0.2) is 35.3 Å². The van der Waals surface area contributed by atoms with E-state index < -0.39 is 0 Å². The summed E-state index contributed by atoms with van der Waals surface area (Å²) >= 11 is 0. The Hall–Kier alpha value is -2.04. The summed E-state index contributed by atoms with van der Waals surface area (Å²) in [5.41, 5.74) is 1.42. The summed E-state index contributed by atoms with van der Waals surface area (Å²) in [4.78, 5) is 18.1. The zero-order valence-corrected chi connectivity index (χ0v) is 16.2. The van der Waals surface area contributed by atoms with Crippen molar-refractivity contribution in [3.63, 3.8) is 0 Å². The van der Waals surface area contributed by atoms with Crippen molar-refractivity contribution in [3.8, 4) is 0 Å². The molecule has 26 heavy (non-hydrogen) atoms. The third kappa shape index (κ3) is 6.70. The standard InChI is InChI=1S/C21H33N3O2/c1-3-26-20(25)13-9-4-5-10-15-23-21(22-2)24-16-14-19(17-24)18-11-7-6-8-12-18/h6-8,11-12,19H,3-5,9-10,13-17H2,1-2H3,(H,22,23). The van der Waals surface area contributed by atoms with Gasteiger partial charge in [-0.25, -0.2) is 0 Å². The molecule has 1 fully saturated rings. The molecule has 1 aliphatic rings. The molecule has 1 aromatic carbocycles. The minimum atomic E-state index is -0.0759. The number of benzene rings is 1. The Balaban J connectivity index is 1.61. The van der Waals surface area contributed by atoms with Gasteiger partial charge in [0.2, 0.25) is 0 Å². The number of esters is 1. The molecule has 0 saturated carbocycles. The number of hydrogen-bond acceptors (Lipinski definition) is 3. The molecule has 5 heteroatoms. The van der Waals surface area contributed by atoms with Gasteiger partial charge in [-0.05, 0) is 31.7 Å². The van der Waals surface area contributed by atoms with Crippen LogP contribution in [-0.2, 0) is 9.53 Å². The highest BCUT2D eigenvalue weighted by Gasteiger charge is 2.25. The van der Waals surface area contributed by atoms with Gasteiger partial charge >= 0.3 is 5.97 Å². The molecule has 1 unspecified atom stereocenters. The SMILES string of the molecule is CCOC(=O)CCCCCCNC(=NC)N1CCC(c2ccccc2)C1. The van der Waals surface area contributed by atoms with Gasteiger partial charge in [0, 0.05) is 39.0 Å². The molecule has 1 saturated heterocycles. The summed E-state index contributed by atoms with van der Waals surface area (Å²) in [6.07, 6.45) is 5.92. The van der Waals surface area contributed by atoms with Crippen molar-refractivity contribution >= 4 is 11.9 Å². The maximum Gasteiger partial charge on any atom is 0.305 e. The molecule has 1 N–H and O–H groups in total. The Bertz CT molecular complexity index is 560. The van der Waals surface area contributed by atoms with Gasteiger partial charge in [0.15, 0.2) is 5.96 Å². The van der Waals surface area contributed by atoms with E-state index >= 15 is 0 Å². The first-order chi connectivity index (χ1) is 12.7. The molecule has 1 aromatic rings. The number of carbonyl (C=O) groups is 1. The minimum absolute atomic E-state index is 0.0759. The van der Waals surface area contributed by atoms with E-state index in [1.807, 2.05) is 14.0 Å². The second-order valence-electron chi connectivity index (χ2n) is 6.79. The fourth-order valence-electron chi connectivity index (χ4n) is 3.46. The molecular weight excluding hydrogens is 326 g/mol. The van der Waals surface area contributed by atoms with Crippen molar-refractivity contribution in [3.05, 3.63) is 35.9 Å². The molecule has 0 bridgehead atoms. The van der Waals surface area contributed by atoms with Crippen LogP contribution >= 0.6 is 0 Å². The van der Waals surface area contributed by atoms with Gasteiger partial charge in [-0.15, -0.1) is 0 Å². The van der Waals surface area contributed by atoms with Crippen molar-refractivity contribution in [2.24, 2.45) is 4.99 Å². The number of ether oxygens (including phenoxy) is 1. The summed E-state index contributed by atoms with van der Waals surface area (Å²) in [6, 6.07) is 10.8. The van der Waals surface area contributed by atoms with Gasteiger partial charge in [-0.2, -0.15) is 0 Å². The molecule has 144 valence electrons. The molecule has 1 atom stereocenters. The van der Waals surface area contributed by atoms with E-state index in [2.05, 4.69) is 45.5 Å². The van der Waals surface area contributed by atoms with Gasteiger partial charge in [0.05, 0.1) is 6.61 Å². The number of nitrogens with zero attached hydrogens (tertiary/aromatic N) is 2. The summed E-state index contributed by atoms with van der Waals surface area (Å²) < 4.78 is 4.94. The van der Waals surface area contributed by atoms with Gasteiger partial charge in [0.1, 0.15) is 0 Å². The first kappa shape index (κ1) is 20.3. The molecule has 0 amide bonds. The number of hydrogen-bond donors (Lipinski definition) is 1. The zero-order chi connectivity index (χ0) is 18.6. The highest BCUT2D eigenvalue weighted by atomic mass is 16.5. The first-order valence-corrected chi connectivity index (χ1v) is 9.90. The quantitative estimate of drug-likeness (QED) is 0.317. The number of aliphatic imine (C=N–C) groups is 1. The van der Waals surface area contributed by atoms with E-state index in [1.165, 1.54) is 12.0 Å². The average Bonchev–Trinajstić information content (AvgIpc) is 3.15. The fraction of sp³-hybridized carbons (Fsp3) is 0.619. The van der Waals surface area contributed by atoms with Crippen LogP contribution in [0.25, 0.3) is 0 Å². The molecule has 1 heterocycles. The molecule has 0 radical (unpaired) electrons. The van der Waals surface area contributed by atoms with E-state index in [4.69, 9.17) is 4.74 Å². The summed E-state index contributed by atoms with van der Waals surface area (Å²) in [6.45, 7) is 5.34. The third-order valence-corrected chi connectivity index (χ3v) is 4.87. The molecule has 1 aliphatic heterocycles. The molecule has 2 rings (SSSR count). The Labute approximate surface area is 157 Å². The van der Waals surface area contributed by atoms with Crippen LogP contribution in [-0.4, -0.2) is 50.1 Å². The number of unbranched alkanes of at least 4 members (excludes halogenated alkanes) is 3. The average molecular weight is 360 g/mol. The van der Waals surface area contributed by atoms with Crippen LogP contribution in [0.3, 0.4) is 0 Å². The topological polar surface area (TPSA) is 53.9 Å². The maximum atomic E-state index is 11.3. The highest BCUT2D eigenvalue weighted by molar-refractivity contribution is 5.80. The maximum absolute atomic E-state index is 11.3. The molecular formula is C21H33N3O2. The van der Waals surface area contributed by atoms with Crippen LogP contribution in [0.1, 0.15) is 56.9 Å². The number of carbonyl (C=O) groups excluding carboxylic acids is 1. The smallest absolute Gasteiger partial charge is 0.305 e. The normalized spacial score (nSPS) is 17.4. The van der Waals surface area contributed by atoms with Crippen LogP contribution < -0.4 is 5.32 Å². The fourth-order valence-corrected chi connectivity index (χ4v) is 3.46. The molecule has 0 aliphatic carbocycles. The van der Waals surface area contributed by atoms with Gasteiger partial charge in [-0.3, -0.25) is 9.79 Å². The Kier molecular flexibility index (Phi) is 9.01. The second kappa shape index (κ2) is 11.6. The van der Waals surface area contributed by atoms with Crippen molar-refractivity contribution in [2.75, 3.05) is 33.3 Å². The monoisotopic (exact) mass is 359 g/mol. The number of nitrogens with one attached hydrogen (secondary N) is 1. The first-order valence-electron chi connectivity index (χ1n) is 9.90. The van der Waals surface area contributed by atoms with Gasteiger partial charge in [-0.1, -0.05) is 43.2 Å².